The van der Waals surface area contributed by atoms with Crippen molar-refractivity contribution in [2.45, 2.75) is 50.2 Å². The number of carbonyl (C=O) groups excluding carboxylic acids is 1. The fraction of sp³-hybridized carbons (Fsp3) is 0.458. The predicted molar refractivity (Wildman–Crippen MR) is 117 cm³/mol. The summed E-state index contributed by atoms with van der Waals surface area (Å²) < 4.78 is 11.7. The fourth-order valence-corrected chi connectivity index (χ4v) is 5.01. The molecule has 30 heavy (non-hydrogen) atoms. The summed E-state index contributed by atoms with van der Waals surface area (Å²) in [6, 6.07) is 11.8. The van der Waals surface area contributed by atoms with Crippen LogP contribution in [0.25, 0.3) is 0 Å². The number of benzene rings is 2. The summed E-state index contributed by atoms with van der Waals surface area (Å²) in [5.74, 6) is 1.74. The number of amides is 1. The first kappa shape index (κ1) is 19.2. The van der Waals surface area contributed by atoms with Crippen LogP contribution in [-0.4, -0.2) is 32.2 Å². The van der Waals surface area contributed by atoms with Crippen molar-refractivity contribution in [3.8, 4) is 11.5 Å². The van der Waals surface area contributed by atoms with Gasteiger partial charge in [0.05, 0.1) is 24.8 Å². The largest absolute Gasteiger partial charge is 0.497 e. The number of anilines is 2. The third kappa shape index (κ3) is 3.10. The molecule has 0 bridgehead atoms. The number of nitrogens with one attached hydrogen (secondary N) is 1. The maximum absolute atomic E-state index is 13.6. The van der Waals surface area contributed by atoms with Crippen molar-refractivity contribution in [3.05, 3.63) is 47.5 Å². The molecule has 2 aliphatic heterocycles. The van der Waals surface area contributed by atoms with Gasteiger partial charge in [0.15, 0.2) is 0 Å². The summed E-state index contributed by atoms with van der Waals surface area (Å²) in [6.45, 7) is 2.42. The Morgan fingerprint density at radius 2 is 1.90 bits per heavy atom. The molecule has 2 fully saturated rings. The minimum absolute atomic E-state index is 0.146. The Hall–Kier alpha value is -2.73. The minimum atomic E-state index is -0.427. The number of hydrogen-bond donors (Lipinski definition) is 2. The summed E-state index contributed by atoms with van der Waals surface area (Å²) in [7, 11) is 1.66. The Bertz CT molecular complexity index is 947. The summed E-state index contributed by atoms with van der Waals surface area (Å²) in [6.07, 6.45) is 4.90. The Balaban J connectivity index is 1.53. The van der Waals surface area contributed by atoms with Crippen LogP contribution >= 0.6 is 0 Å². The first-order valence-electron chi connectivity index (χ1n) is 10.9. The Kier molecular flexibility index (Phi) is 4.82. The molecule has 0 aromatic heterocycles. The van der Waals surface area contributed by atoms with Gasteiger partial charge in [0.2, 0.25) is 5.91 Å². The number of fused-ring (bicyclic) bond motifs is 2. The highest BCUT2D eigenvalue weighted by molar-refractivity contribution is 6.10. The molecule has 6 heteroatoms. The maximum atomic E-state index is 13.6. The molecule has 2 aromatic rings. The highest BCUT2D eigenvalue weighted by Crippen LogP contribution is 2.57. The summed E-state index contributed by atoms with van der Waals surface area (Å²) in [4.78, 5) is 15.6. The molecule has 2 heterocycles. The number of carbonyl (C=O) groups is 1. The van der Waals surface area contributed by atoms with E-state index in [1.54, 1.807) is 7.11 Å². The lowest BCUT2D eigenvalue weighted by Gasteiger charge is -2.37. The third-order valence-electron chi connectivity index (χ3n) is 6.82. The van der Waals surface area contributed by atoms with Gasteiger partial charge in [-0.15, -0.1) is 0 Å². The lowest BCUT2D eigenvalue weighted by atomic mass is 9.65. The molecule has 5 rings (SSSR count). The van der Waals surface area contributed by atoms with Crippen LogP contribution in [0.4, 0.5) is 11.4 Å². The molecular weight excluding hydrogens is 378 g/mol. The minimum Gasteiger partial charge on any atom is -0.497 e. The molecule has 158 valence electrons. The van der Waals surface area contributed by atoms with Crippen molar-refractivity contribution in [1.82, 2.24) is 5.32 Å². The van der Waals surface area contributed by atoms with Gasteiger partial charge in [-0.2, -0.15) is 0 Å². The van der Waals surface area contributed by atoms with Crippen molar-refractivity contribution in [2.24, 2.45) is 0 Å². The lowest BCUT2D eigenvalue weighted by Crippen LogP contribution is -2.44. The van der Waals surface area contributed by atoms with Crippen LogP contribution in [0.2, 0.25) is 0 Å². The van der Waals surface area contributed by atoms with Crippen LogP contribution in [0.5, 0.6) is 11.5 Å². The van der Waals surface area contributed by atoms with E-state index >= 15 is 0 Å². The topological polar surface area (TPSA) is 76.8 Å². The van der Waals surface area contributed by atoms with E-state index in [9.17, 15) is 4.79 Å². The van der Waals surface area contributed by atoms with Gasteiger partial charge in [-0.3, -0.25) is 4.79 Å². The van der Waals surface area contributed by atoms with Gasteiger partial charge in [0, 0.05) is 11.8 Å². The monoisotopic (exact) mass is 407 g/mol. The molecule has 1 spiro atoms. The number of nitrogens with zero attached hydrogens (tertiary/aromatic N) is 1. The van der Waals surface area contributed by atoms with E-state index < -0.39 is 5.41 Å². The smallest absolute Gasteiger partial charge is 0.238 e. The van der Waals surface area contributed by atoms with Crippen LogP contribution < -0.4 is 25.4 Å². The fourth-order valence-electron chi connectivity index (χ4n) is 5.01. The van der Waals surface area contributed by atoms with Crippen molar-refractivity contribution < 1.29 is 14.3 Å². The van der Waals surface area contributed by atoms with Gasteiger partial charge in [-0.1, -0.05) is 18.6 Å². The molecule has 1 amide bonds. The second kappa shape index (κ2) is 7.51. The molecule has 0 unspecified atom stereocenters. The Morgan fingerprint density at radius 3 is 2.53 bits per heavy atom. The SMILES string of the molecule is COc1ccc(CN2C(=O)C3(CCC3)c3cc(N)cc(OC4CCNCC4)c32)cc1. The Morgan fingerprint density at radius 1 is 1.17 bits per heavy atom. The molecule has 0 atom stereocenters. The quantitative estimate of drug-likeness (QED) is 0.743. The molecule has 1 saturated carbocycles. The van der Waals surface area contributed by atoms with Gasteiger partial charge in [-0.05, 0) is 68.1 Å². The highest BCUT2D eigenvalue weighted by atomic mass is 16.5. The van der Waals surface area contributed by atoms with Gasteiger partial charge >= 0.3 is 0 Å². The van der Waals surface area contributed by atoms with Crippen LogP contribution in [0, 0.1) is 0 Å². The lowest BCUT2D eigenvalue weighted by molar-refractivity contribution is -0.126. The van der Waals surface area contributed by atoms with Gasteiger partial charge in [0.1, 0.15) is 17.6 Å². The average molecular weight is 408 g/mol. The highest BCUT2D eigenvalue weighted by Gasteiger charge is 2.55. The summed E-state index contributed by atoms with van der Waals surface area (Å²) in [5, 5.41) is 3.37. The van der Waals surface area contributed by atoms with Crippen molar-refractivity contribution in [2.75, 3.05) is 30.8 Å². The molecule has 0 radical (unpaired) electrons. The molecule has 1 saturated heterocycles. The van der Waals surface area contributed by atoms with E-state index in [0.29, 0.717) is 12.2 Å². The zero-order chi connectivity index (χ0) is 20.7. The molecule has 3 aliphatic rings. The van der Waals surface area contributed by atoms with Crippen molar-refractivity contribution >= 4 is 17.3 Å². The van der Waals surface area contributed by atoms with Crippen LogP contribution in [0.3, 0.4) is 0 Å². The molecule has 6 nitrogen and oxygen atoms in total. The summed E-state index contributed by atoms with van der Waals surface area (Å²) >= 11 is 0. The predicted octanol–water partition coefficient (Wildman–Crippen LogP) is 3.38. The zero-order valence-electron chi connectivity index (χ0n) is 17.4. The van der Waals surface area contributed by atoms with Crippen LogP contribution in [0.15, 0.2) is 36.4 Å². The number of nitrogen functional groups attached to an aromatic ring is 1. The standard InChI is InChI=1S/C24H29N3O3/c1-29-18-5-3-16(4-6-18)15-27-22-20(24(23(27)28)9-2-10-24)13-17(25)14-21(22)30-19-7-11-26-12-8-19/h3-6,13-14,19,26H,2,7-12,15,25H2,1H3. The summed E-state index contributed by atoms with van der Waals surface area (Å²) in [5.41, 5.74) is 9.56. The number of hydrogen-bond acceptors (Lipinski definition) is 5. The average Bonchev–Trinajstić information content (AvgIpc) is 2.97. The van der Waals surface area contributed by atoms with Gasteiger partial charge in [-0.25, -0.2) is 0 Å². The van der Waals surface area contributed by atoms with E-state index in [0.717, 1.165) is 73.5 Å². The van der Waals surface area contributed by atoms with E-state index in [2.05, 4.69) is 5.32 Å². The maximum Gasteiger partial charge on any atom is 0.238 e. The van der Waals surface area contributed by atoms with Crippen molar-refractivity contribution in [3.63, 3.8) is 0 Å². The number of piperidine rings is 1. The number of rotatable bonds is 5. The molecule has 2 aromatic carbocycles. The van der Waals surface area contributed by atoms with Crippen LogP contribution in [0.1, 0.15) is 43.2 Å². The van der Waals surface area contributed by atoms with Gasteiger partial charge < -0.3 is 25.4 Å². The second-order valence-corrected chi connectivity index (χ2v) is 8.66. The van der Waals surface area contributed by atoms with E-state index in [1.165, 1.54) is 0 Å². The number of methoxy groups -OCH3 is 1. The second-order valence-electron chi connectivity index (χ2n) is 8.66. The van der Waals surface area contributed by atoms with E-state index in [4.69, 9.17) is 15.2 Å². The third-order valence-corrected chi connectivity index (χ3v) is 6.82. The van der Waals surface area contributed by atoms with Crippen LogP contribution in [-0.2, 0) is 16.8 Å². The molecular formula is C24H29N3O3. The van der Waals surface area contributed by atoms with Crippen molar-refractivity contribution in [1.29, 1.82) is 0 Å². The first-order valence-corrected chi connectivity index (χ1v) is 10.9. The normalized spacial score (nSPS) is 20.2. The molecule has 3 N–H and O–H groups in total. The van der Waals surface area contributed by atoms with E-state index in [1.807, 2.05) is 41.3 Å². The first-order chi connectivity index (χ1) is 14.6. The zero-order valence-corrected chi connectivity index (χ0v) is 17.4. The van der Waals surface area contributed by atoms with Gasteiger partial charge in [0.25, 0.3) is 0 Å². The Labute approximate surface area is 177 Å². The molecule has 1 aliphatic carbocycles. The number of ether oxygens (including phenoxy) is 2. The number of nitrogens with two attached hydrogens (primary N) is 1. The van der Waals surface area contributed by atoms with E-state index in [-0.39, 0.29) is 12.0 Å².